The summed E-state index contributed by atoms with van der Waals surface area (Å²) in [7, 11) is 1.34. The Labute approximate surface area is 253 Å². The fourth-order valence-corrected chi connectivity index (χ4v) is 4.36. The molecular formula is C27H19FI2N6O4. The van der Waals surface area contributed by atoms with Gasteiger partial charge in [0, 0.05) is 36.4 Å². The highest BCUT2D eigenvalue weighted by molar-refractivity contribution is 14.1. The summed E-state index contributed by atoms with van der Waals surface area (Å²) >= 11 is 4.20. The van der Waals surface area contributed by atoms with Crippen LogP contribution in [-0.4, -0.2) is 54.1 Å². The molecule has 6 rings (SSSR count). The van der Waals surface area contributed by atoms with Gasteiger partial charge >= 0.3 is 11.9 Å². The van der Waals surface area contributed by atoms with Crippen molar-refractivity contribution in [1.82, 2.24) is 29.9 Å². The number of aromatic nitrogens is 6. The van der Waals surface area contributed by atoms with E-state index in [-0.39, 0.29) is 5.69 Å². The van der Waals surface area contributed by atoms with Crippen LogP contribution in [0.25, 0.3) is 27.6 Å². The summed E-state index contributed by atoms with van der Waals surface area (Å²) in [5.74, 6) is -1.27. The van der Waals surface area contributed by atoms with Gasteiger partial charge in [-0.1, -0.05) is 36.4 Å². The van der Waals surface area contributed by atoms with Gasteiger partial charge in [0.15, 0.2) is 17.2 Å². The highest BCUT2D eigenvalue weighted by Gasteiger charge is 2.17. The van der Waals surface area contributed by atoms with Gasteiger partial charge in [0.1, 0.15) is 0 Å². The minimum atomic E-state index is -1.04. The number of fused-ring (bicyclic) bond motifs is 2. The average molecular weight is 764 g/mol. The van der Waals surface area contributed by atoms with E-state index < -0.39 is 17.9 Å². The Morgan fingerprint density at radius 2 is 1.55 bits per heavy atom. The van der Waals surface area contributed by atoms with Crippen molar-refractivity contribution in [2.24, 2.45) is 0 Å². The quantitative estimate of drug-likeness (QED) is 0.129. The van der Waals surface area contributed by atoms with E-state index in [1.165, 1.54) is 19.4 Å². The van der Waals surface area contributed by atoms with Crippen LogP contribution < -0.4 is 0 Å². The van der Waals surface area contributed by atoms with E-state index in [0.29, 0.717) is 16.9 Å². The summed E-state index contributed by atoms with van der Waals surface area (Å²) in [6, 6.07) is 21.5. The molecule has 0 saturated carbocycles. The van der Waals surface area contributed by atoms with Crippen LogP contribution in [0.5, 0.6) is 0 Å². The number of esters is 1. The molecule has 0 aliphatic heterocycles. The Kier molecular flexibility index (Phi) is 9.70. The molecule has 10 nitrogen and oxygen atoms in total. The second kappa shape index (κ2) is 13.4. The zero-order valence-corrected chi connectivity index (χ0v) is 24.9. The van der Waals surface area contributed by atoms with Gasteiger partial charge in [-0.2, -0.15) is 14.6 Å². The van der Waals surface area contributed by atoms with Gasteiger partial charge in [-0.3, -0.25) is 5.10 Å². The maximum atomic E-state index is 12.1. The number of pyridine rings is 2. The molecule has 0 fully saturated rings. The molecule has 0 aliphatic rings. The zero-order chi connectivity index (χ0) is 28.6. The molecular weight excluding hydrogens is 745 g/mol. The number of nitrogens with zero attached hydrogens (tertiary/aromatic N) is 5. The normalized spacial score (nSPS) is 10.3. The van der Waals surface area contributed by atoms with E-state index >= 15 is 0 Å². The number of carbonyl (C=O) groups is 2. The number of para-hydroxylation sites is 2. The number of aromatic amines is 1. The minimum absolute atomic E-state index is 0.0382. The van der Waals surface area contributed by atoms with Gasteiger partial charge in [-0.05, 0) is 75.5 Å². The van der Waals surface area contributed by atoms with Crippen molar-refractivity contribution in [2.75, 3.05) is 7.11 Å². The van der Waals surface area contributed by atoms with Crippen LogP contribution in [0, 0.1) is 13.1 Å². The molecule has 2 N–H and O–H groups in total. The molecule has 0 radical (unpaired) electrons. The van der Waals surface area contributed by atoms with Crippen molar-refractivity contribution in [2.45, 2.75) is 0 Å². The number of hydrogen-bond acceptors (Lipinski definition) is 7. The predicted molar refractivity (Wildman–Crippen MR) is 163 cm³/mol. The van der Waals surface area contributed by atoms with Crippen LogP contribution in [-0.2, 0) is 4.74 Å². The molecule has 6 aromatic rings. The van der Waals surface area contributed by atoms with E-state index in [1.54, 1.807) is 29.1 Å². The average Bonchev–Trinajstić information content (AvgIpc) is 3.56. The highest BCUT2D eigenvalue weighted by atomic mass is 127. The lowest BCUT2D eigenvalue weighted by atomic mass is 10.2. The second-order valence-electron chi connectivity index (χ2n) is 7.82. The molecule has 0 bridgehead atoms. The lowest BCUT2D eigenvalue weighted by Crippen LogP contribution is -2.03. The lowest BCUT2D eigenvalue weighted by Gasteiger charge is -2.02. The van der Waals surface area contributed by atoms with E-state index in [9.17, 15) is 19.1 Å². The smallest absolute Gasteiger partial charge is 0.359 e. The van der Waals surface area contributed by atoms with Crippen LogP contribution in [0.1, 0.15) is 21.0 Å². The molecule has 0 spiro atoms. The third kappa shape index (κ3) is 6.95. The predicted octanol–water partition coefficient (Wildman–Crippen LogP) is 5.90. The number of carboxylic acids is 1. The van der Waals surface area contributed by atoms with Gasteiger partial charge in [-0.15, -0.1) is 0 Å². The lowest BCUT2D eigenvalue weighted by molar-refractivity contribution is 0.0595. The molecule has 4 heterocycles. The van der Waals surface area contributed by atoms with Crippen molar-refractivity contribution in [3.63, 3.8) is 0 Å². The number of methoxy groups -OCH3 is 1. The molecule has 4 aromatic heterocycles. The Balaban J connectivity index is 0.000000152. The van der Waals surface area contributed by atoms with Crippen molar-refractivity contribution in [3.05, 3.63) is 110 Å². The van der Waals surface area contributed by atoms with Crippen LogP contribution in [0.3, 0.4) is 0 Å². The van der Waals surface area contributed by atoms with Crippen LogP contribution in [0.4, 0.5) is 4.39 Å². The number of halogens is 3. The maximum absolute atomic E-state index is 12.1. The van der Waals surface area contributed by atoms with Crippen molar-refractivity contribution < 1.29 is 23.8 Å². The third-order valence-corrected chi connectivity index (χ3v) is 6.59. The van der Waals surface area contributed by atoms with Gasteiger partial charge in [0.05, 0.1) is 18.1 Å². The van der Waals surface area contributed by atoms with Crippen molar-refractivity contribution in [1.29, 1.82) is 0 Å². The fraction of sp³-hybridized carbons (Fsp3) is 0.0370. The molecule has 0 aliphatic carbocycles. The molecule has 13 heteroatoms. The number of H-pyrrole nitrogens is 1. The van der Waals surface area contributed by atoms with E-state index in [1.807, 2.05) is 71.1 Å². The topological polar surface area (TPSA) is 136 Å². The number of ether oxygens (including phenoxy) is 1. The first-order chi connectivity index (χ1) is 19.3. The largest absolute Gasteiger partial charge is 0.476 e. The SMILES string of the molecule is COC(=O)c1n[nH]c2ccccc12.Fc1cc(I)ccn1.O=C(O)c1nn(-c2cc(I)ccn2)c2ccccc12. The maximum Gasteiger partial charge on any atom is 0.359 e. The summed E-state index contributed by atoms with van der Waals surface area (Å²) < 4.78 is 20.1. The number of carbonyl (C=O) groups excluding carboxylic acids is 1. The molecule has 40 heavy (non-hydrogen) atoms. The number of benzene rings is 2. The third-order valence-electron chi connectivity index (χ3n) is 5.25. The molecule has 0 amide bonds. The fourth-order valence-electron chi connectivity index (χ4n) is 3.50. The summed E-state index contributed by atoms with van der Waals surface area (Å²) in [5, 5.41) is 21.4. The summed E-state index contributed by atoms with van der Waals surface area (Å²) in [4.78, 5) is 30.0. The highest BCUT2D eigenvalue weighted by Crippen LogP contribution is 2.22. The Morgan fingerprint density at radius 1 is 0.900 bits per heavy atom. The zero-order valence-electron chi connectivity index (χ0n) is 20.6. The first-order valence-electron chi connectivity index (χ1n) is 11.4. The Morgan fingerprint density at radius 3 is 2.17 bits per heavy atom. The van der Waals surface area contributed by atoms with Crippen LogP contribution in [0.2, 0.25) is 0 Å². The number of carboxylic acid groups (broad SMARTS) is 1. The Bertz CT molecular complexity index is 1790. The number of hydrogen-bond donors (Lipinski definition) is 2. The van der Waals surface area contributed by atoms with Gasteiger partial charge in [-0.25, -0.2) is 24.2 Å². The van der Waals surface area contributed by atoms with E-state index in [2.05, 4.69) is 52.6 Å². The standard InChI is InChI=1S/C13H8IN3O2.C9H8N2O2.C5H3FIN/c14-8-5-6-15-11(7-8)17-10-4-2-1-3-9(10)12(16-17)13(18)19;1-13-9(12)8-6-4-2-3-5-7(6)10-11-8;6-5-3-4(7)1-2-8-5/h1-7H,(H,18,19);2-5H,1H3,(H,10,11);1-3H. The van der Waals surface area contributed by atoms with Crippen LogP contribution >= 0.6 is 45.2 Å². The van der Waals surface area contributed by atoms with Gasteiger partial charge in [0.2, 0.25) is 5.95 Å². The molecule has 2 aromatic carbocycles. The first kappa shape index (κ1) is 29.0. The molecule has 0 saturated heterocycles. The van der Waals surface area contributed by atoms with E-state index in [0.717, 1.165) is 23.6 Å². The second-order valence-corrected chi connectivity index (χ2v) is 10.3. The van der Waals surface area contributed by atoms with Gasteiger partial charge < -0.3 is 9.84 Å². The number of aromatic carboxylic acids is 1. The summed E-state index contributed by atoms with van der Waals surface area (Å²) in [6.45, 7) is 0. The molecule has 0 unspecified atom stereocenters. The molecule has 0 atom stereocenters. The molecule has 202 valence electrons. The number of nitrogens with one attached hydrogen (secondary N) is 1. The van der Waals surface area contributed by atoms with Gasteiger partial charge in [0.25, 0.3) is 0 Å². The number of rotatable bonds is 3. The first-order valence-corrected chi connectivity index (χ1v) is 13.6. The van der Waals surface area contributed by atoms with Crippen LogP contribution in [0.15, 0.2) is 85.2 Å². The minimum Gasteiger partial charge on any atom is -0.476 e. The van der Waals surface area contributed by atoms with Crippen molar-refractivity contribution in [3.8, 4) is 5.82 Å². The van der Waals surface area contributed by atoms with Crippen molar-refractivity contribution >= 4 is 78.9 Å². The van der Waals surface area contributed by atoms with E-state index in [4.69, 9.17) is 0 Å². The Hall–Kier alpha value is -3.99. The monoisotopic (exact) mass is 764 g/mol. The summed E-state index contributed by atoms with van der Waals surface area (Å²) in [5.41, 5.74) is 1.94. The summed E-state index contributed by atoms with van der Waals surface area (Å²) in [6.07, 6.45) is 3.12.